The Bertz CT molecular complexity index is 904. The minimum Gasteiger partial charge on any atom is -0.313 e. The van der Waals surface area contributed by atoms with Gasteiger partial charge in [-0.15, -0.1) is 10.2 Å². The van der Waals surface area contributed by atoms with Crippen LogP contribution in [-0.2, 0) is 25.7 Å². The molecule has 0 saturated carbocycles. The lowest BCUT2D eigenvalue weighted by atomic mass is 10.0. The highest BCUT2D eigenvalue weighted by Crippen LogP contribution is 2.36. The minimum atomic E-state index is -0.236. The molecular weight excluding hydrogens is 332 g/mol. The summed E-state index contributed by atoms with van der Waals surface area (Å²) >= 11 is 6.35. The average molecular weight is 353 g/mol. The predicted molar refractivity (Wildman–Crippen MR) is 100 cm³/mol. The molecule has 1 aromatic heterocycles. The van der Waals surface area contributed by atoms with Gasteiger partial charge in [0.1, 0.15) is 0 Å². The second-order valence-electron chi connectivity index (χ2n) is 7.07. The molecule has 0 saturated heterocycles. The van der Waals surface area contributed by atoms with Gasteiger partial charge in [-0.1, -0.05) is 48.0 Å². The molecule has 3 aromatic rings. The second kappa shape index (κ2) is 5.97. The Hall–Kier alpha value is -2.17. The number of hydrogen-bond donors (Lipinski definition) is 0. The van der Waals surface area contributed by atoms with Gasteiger partial charge in [-0.05, 0) is 37.1 Å². The lowest BCUT2D eigenvalue weighted by Gasteiger charge is -2.34. The fourth-order valence-corrected chi connectivity index (χ4v) is 3.83. The summed E-state index contributed by atoms with van der Waals surface area (Å²) in [5.74, 6) is 1.74. The molecule has 0 unspecified atom stereocenters. The summed E-state index contributed by atoms with van der Waals surface area (Å²) in [5, 5.41) is 9.65. The first-order chi connectivity index (χ1) is 12.0. The summed E-state index contributed by atoms with van der Waals surface area (Å²) in [6.45, 7) is 6.27. The van der Waals surface area contributed by atoms with Gasteiger partial charge in [0.15, 0.2) is 11.6 Å². The van der Waals surface area contributed by atoms with Crippen molar-refractivity contribution in [3.63, 3.8) is 0 Å². The standard InChI is InChI=1S/C20H21ClN4/c1-20(2,25-12-14-8-4-5-9-15(14)13-25)19-23-22-18(24(19)3)16-10-6-7-11-17(16)21/h4-11H,12-13H2,1-3H3. The molecule has 0 atom stereocenters. The Kier molecular flexibility index (Phi) is 3.89. The molecule has 128 valence electrons. The fraction of sp³-hybridized carbons (Fsp3) is 0.300. The summed E-state index contributed by atoms with van der Waals surface area (Å²) in [5.41, 5.74) is 3.46. The Balaban J connectivity index is 1.70. The van der Waals surface area contributed by atoms with Crippen molar-refractivity contribution in [1.29, 1.82) is 0 Å². The highest BCUT2D eigenvalue weighted by Gasteiger charge is 2.37. The van der Waals surface area contributed by atoms with Crippen LogP contribution in [0, 0.1) is 0 Å². The molecule has 4 rings (SSSR count). The third-order valence-corrected chi connectivity index (χ3v) is 5.50. The van der Waals surface area contributed by atoms with Crippen LogP contribution in [0.25, 0.3) is 11.4 Å². The molecule has 2 heterocycles. The van der Waals surface area contributed by atoms with Crippen LogP contribution in [0.5, 0.6) is 0 Å². The first-order valence-electron chi connectivity index (χ1n) is 8.45. The number of nitrogens with zero attached hydrogens (tertiary/aromatic N) is 4. The number of rotatable bonds is 3. The van der Waals surface area contributed by atoms with Crippen LogP contribution in [-0.4, -0.2) is 19.7 Å². The molecule has 1 aliphatic rings. The van der Waals surface area contributed by atoms with Crippen molar-refractivity contribution in [1.82, 2.24) is 19.7 Å². The van der Waals surface area contributed by atoms with Crippen molar-refractivity contribution in [2.45, 2.75) is 32.5 Å². The SMILES string of the molecule is Cn1c(-c2ccccc2Cl)nnc1C(C)(C)N1Cc2ccccc2C1. The normalized spacial score (nSPS) is 14.7. The molecule has 0 spiro atoms. The summed E-state index contributed by atoms with van der Waals surface area (Å²) in [7, 11) is 2.01. The Labute approximate surface area is 153 Å². The van der Waals surface area contributed by atoms with E-state index in [1.807, 2.05) is 31.3 Å². The number of fused-ring (bicyclic) bond motifs is 1. The van der Waals surface area contributed by atoms with Gasteiger partial charge in [-0.2, -0.15) is 0 Å². The number of halogens is 1. The van der Waals surface area contributed by atoms with Gasteiger partial charge in [0, 0.05) is 25.7 Å². The number of hydrogen-bond acceptors (Lipinski definition) is 3. The van der Waals surface area contributed by atoms with E-state index in [2.05, 4.69) is 57.8 Å². The van der Waals surface area contributed by atoms with E-state index in [1.165, 1.54) is 11.1 Å². The number of benzene rings is 2. The van der Waals surface area contributed by atoms with E-state index >= 15 is 0 Å². The maximum atomic E-state index is 6.35. The lowest BCUT2D eigenvalue weighted by Crippen LogP contribution is -2.39. The zero-order valence-corrected chi connectivity index (χ0v) is 15.5. The molecule has 0 amide bonds. The summed E-state index contributed by atoms with van der Waals surface area (Å²) in [4.78, 5) is 2.44. The topological polar surface area (TPSA) is 34.0 Å². The van der Waals surface area contributed by atoms with Gasteiger partial charge in [-0.25, -0.2) is 0 Å². The predicted octanol–water partition coefficient (Wildman–Crippen LogP) is 4.39. The molecule has 4 nitrogen and oxygen atoms in total. The van der Waals surface area contributed by atoms with E-state index in [1.54, 1.807) is 0 Å². The summed E-state index contributed by atoms with van der Waals surface area (Å²) in [6.07, 6.45) is 0. The van der Waals surface area contributed by atoms with Crippen LogP contribution in [0.3, 0.4) is 0 Å². The van der Waals surface area contributed by atoms with Crippen LogP contribution in [0.4, 0.5) is 0 Å². The monoisotopic (exact) mass is 352 g/mol. The van der Waals surface area contributed by atoms with Gasteiger partial charge in [-0.3, -0.25) is 4.90 Å². The third-order valence-electron chi connectivity index (χ3n) is 5.17. The van der Waals surface area contributed by atoms with Gasteiger partial charge < -0.3 is 4.57 Å². The van der Waals surface area contributed by atoms with Crippen LogP contribution < -0.4 is 0 Å². The van der Waals surface area contributed by atoms with Crippen LogP contribution >= 0.6 is 11.6 Å². The van der Waals surface area contributed by atoms with Crippen molar-refractivity contribution in [3.8, 4) is 11.4 Å². The van der Waals surface area contributed by atoms with Crippen LogP contribution in [0.2, 0.25) is 5.02 Å². The quantitative estimate of drug-likeness (QED) is 0.701. The van der Waals surface area contributed by atoms with Gasteiger partial charge in [0.25, 0.3) is 0 Å². The van der Waals surface area contributed by atoms with E-state index in [0.29, 0.717) is 5.02 Å². The molecule has 5 heteroatoms. The van der Waals surface area contributed by atoms with Crippen molar-refractivity contribution in [2.24, 2.45) is 7.05 Å². The van der Waals surface area contributed by atoms with Gasteiger partial charge >= 0.3 is 0 Å². The van der Waals surface area contributed by atoms with Crippen LogP contribution in [0.15, 0.2) is 48.5 Å². The fourth-order valence-electron chi connectivity index (χ4n) is 3.61. The molecule has 0 fully saturated rings. The van der Waals surface area contributed by atoms with E-state index < -0.39 is 0 Å². The zero-order valence-electron chi connectivity index (χ0n) is 14.7. The second-order valence-corrected chi connectivity index (χ2v) is 7.48. The van der Waals surface area contributed by atoms with E-state index in [9.17, 15) is 0 Å². The van der Waals surface area contributed by atoms with Crippen molar-refractivity contribution in [2.75, 3.05) is 0 Å². The summed E-state index contributed by atoms with van der Waals surface area (Å²) < 4.78 is 2.06. The van der Waals surface area contributed by atoms with E-state index in [0.717, 1.165) is 30.3 Å². The molecule has 2 aromatic carbocycles. The molecule has 0 N–H and O–H groups in total. The molecule has 25 heavy (non-hydrogen) atoms. The van der Waals surface area contributed by atoms with E-state index in [-0.39, 0.29) is 5.54 Å². The first kappa shape index (κ1) is 16.3. The average Bonchev–Trinajstić information content (AvgIpc) is 3.20. The van der Waals surface area contributed by atoms with Crippen molar-refractivity contribution >= 4 is 11.6 Å². The van der Waals surface area contributed by atoms with Gasteiger partial charge in [0.2, 0.25) is 0 Å². The largest absolute Gasteiger partial charge is 0.313 e. The maximum Gasteiger partial charge on any atom is 0.165 e. The highest BCUT2D eigenvalue weighted by molar-refractivity contribution is 6.33. The van der Waals surface area contributed by atoms with Crippen LogP contribution in [0.1, 0.15) is 30.8 Å². The molecule has 0 radical (unpaired) electrons. The molecule has 1 aliphatic heterocycles. The first-order valence-corrected chi connectivity index (χ1v) is 8.83. The Morgan fingerprint density at radius 1 is 0.920 bits per heavy atom. The smallest absolute Gasteiger partial charge is 0.165 e. The number of aromatic nitrogens is 3. The van der Waals surface area contributed by atoms with Crippen molar-refractivity contribution < 1.29 is 0 Å². The van der Waals surface area contributed by atoms with Crippen molar-refractivity contribution in [3.05, 3.63) is 70.5 Å². The molecule has 0 bridgehead atoms. The molecular formula is C20H21ClN4. The Morgan fingerprint density at radius 2 is 1.52 bits per heavy atom. The highest BCUT2D eigenvalue weighted by atomic mass is 35.5. The zero-order chi connectivity index (χ0) is 17.6. The lowest BCUT2D eigenvalue weighted by molar-refractivity contribution is 0.106. The van der Waals surface area contributed by atoms with Gasteiger partial charge in [0.05, 0.1) is 10.6 Å². The maximum absolute atomic E-state index is 6.35. The Morgan fingerprint density at radius 3 is 2.16 bits per heavy atom. The van der Waals surface area contributed by atoms with E-state index in [4.69, 9.17) is 11.6 Å². The minimum absolute atomic E-state index is 0.236. The third kappa shape index (κ3) is 2.66. The summed E-state index contributed by atoms with van der Waals surface area (Å²) in [6, 6.07) is 16.4. The molecule has 0 aliphatic carbocycles.